The summed E-state index contributed by atoms with van der Waals surface area (Å²) in [5, 5.41) is 9.65. The molecule has 21 heavy (non-hydrogen) atoms. The number of ether oxygens (including phenoxy) is 1. The fraction of sp³-hybridized carbons (Fsp3) is 0.706. The van der Waals surface area contributed by atoms with Crippen LogP contribution >= 0.6 is 0 Å². The zero-order valence-corrected chi connectivity index (χ0v) is 13.1. The van der Waals surface area contributed by atoms with Crippen LogP contribution in [0.15, 0.2) is 24.3 Å². The average Bonchev–Trinajstić information content (AvgIpc) is 2.44. The zero-order valence-electron chi connectivity index (χ0n) is 13.1. The van der Waals surface area contributed by atoms with Gasteiger partial charge in [-0.1, -0.05) is 20.1 Å². The van der Waals surface area contributed by atoms with Crippen molar-refractivity contribution in [2.75, 3.05) is 6.61 Å². The van der Waals surface area contributed by atoms with Gasteiger partial charge in [-0.15, -0.1) is 0 Å². The van der Waals surface area contributed by atoms with Crippen LogP contribution in [0.5, 0.6) is 0 Å². The lowest BCUT2D eigenvalue weighted by molar-refractivity contribution is -0.354. The van der Waals surface area contributed by atoms with Crippen molar-refractivity contribution in [2.24, 2.45) is 11.3 Å². The Hall–Kier alpha value is -1.13. The summed E-state index contributed by atoms with van der Waals surface area (Å²) >= 11 is 0. The first-order valence-corrected chi connectivity index (χ1v) is 7.66. The van der Waals surface area contributed by atoms with Gasteiger partial charge >= 0.3 is 5.97 Å². The summed E-state index contributed by atoms with van der Waals surface area (Å²) in [6, 6.07) is 0. The van der Waals surface area contributed by atoms with Crippen LogP contribution < -0.4 is 0 Å². The molecule has 2 aliphatic rings. The maximum Gasteiger partial charge on any atom is 0.302 e. The van der Waals surface area contributed by atoms with Crippen molar-refractivity contribution >= 4 is 5.97 Å². The van der Waals surface area contributed by atoms with E-state index in [1.807, 2.05) is 0 Å². The van der Waals surface area contributed by atoms with Crippen LogP contribution in [0.3, 0.4) is 0 Å². The minimum atomic E-state index is -0.687. The maximum absolute atomic E-state index is 10.9. The quantitative estimate of drug-likeness (QED) is 0.370. The van der Waals surface area contributed by atoms with Crippen molar-refractivity contribution in [2.45, 2.75) is 58.0 Å². The lowest BCUT2D eigenvalue weighted by Gasteiger charge is -2.55. The molecule has 0 amide bonds. The molecule has 4 heteroatoms. The molecular formula is C17H26O4. The summed E-state index contributed by atoms with van der Waals surface area (Å²) in [7, 11) is 0. The summed E-state index contributed by atoms with van der Waals surface area (Å²) in [4.78, 5) is 16.0. The topological polar surface area (TPSA) is 55.8 Å². The molecule has 2 fully saturated rings. The lowest BCUT2D eigenvalue weighted by Crippen LogP contribution is -2.55. The maximum atomic E-state index is 10.9. The van der Waals surface area contributed by atoms with Gasteiger partial charge < -0.3 is 4.74 Å². The first-order valence-electron chi connectivity index (χ1n) is 7.66. The molecular weight excluding hydrogens is 268 g/mol. The van der Waals surface area contributed by atoms with E-state index in [0.717, 1.165) is 43.3 Å². The number of fused-ring (bicyclic) bond motifs is 1. The molecule has 0 saturated heterocycles. The minimum Gasteiger partial charge on any atom is -0.461 e. The van der Waals surface area contributed by atoms with Gasteiger partial charge in [-0.05, 0) is 55.6 Å². The van der Waals surface area contributed by atoms with Gasteiger partial charge in [0.25, 0.3) is 0 Å². The minimum absolute atomic E-state index is 0.0741. The van der Waals surface area contributed by atoms with Gasteiger partial charge in [0.05, 0.1) is 0 Å². The van der Waals surface area contributed by atoms with E-state index in [4.69, 9.17) is 9.62 Å². The SMILES string of the molecule is C=C(COC(C)=O)[C@@H]1CC[C@@]2(C)CCCC(=C)[C@]2(OO)C1. The fourth-order valence-electron chi connectivity index (χ4n) is 4.05. The fourth-order valence-corrected chi connectivity index (χ4v) is 4.05. The van der Waals surface area contributed by atoms with Crippen molar-refractivity contribution in [3.63, 3.8) is 0 Å². The lowest BCUT2D eigenvalue weighted by atomic mass is 9.53. The number of carbonyl (C=O) groups is 1. The van der Waals surface area contributed by atoms with E-state index < -0.39 is 5.60 Å². The van der Waals surface area contributed by atoms with Crippen LogP contribution in [0, 0.1) is 11.3 Å². The van der Waals surface area contributed by atoms with Gasteiger partial charge in [0.2, 0.25) is 0 Å². The monoisotopic (exact) mass is 294 g/mol. The Bertz CT molecular complexity index is 456. The average molecular weight is 294 g/mol. The van der Waals surface area contributed by atoms with E-state index in [9.17, 15) is 10.1 Å². The summed E-state index contributed by atoms with van der Waals surface area (Å²) in [6.45, 7) is 12.0. The van der Waals surface area contributed by atoms with Gasteiger partial charge in [0.15, 0.2) is 0 Å². The molecule has 2 saturated carbocycles. The summed E-state index contributed by atoms with van der Waals surface area (Å²) < 4.78 is 5.05. The highest BCUT2D eigenvalue weighted by Gasteiger charge is 2.57. The van der Waals surface area contributed by atoms with Crippen LogP contribution in [-0.2, 0) is 14.4 Å². The van der Waals surface area contributed by atoms with Crippen molar-refractivity contribution in [1.82, 2.24) is 0 Å². The van der Waals surface area contributed by atoms with Crippen LogP contribution in [0.1, 0.15) is 52.4 Å². The van der Waals surface area contributed by atoms with Gasteiger partial charge in [0, 0.05) is 12.3 Å². The summed E-state index contributed by atoms with van der Waals surface area (Å²) in [6.07, 6.45) is 5.62. The van der Waals surface area contributed by atoms with E-state index >= 15 is 0 Å². The Kier molecular flexibility index (Phi) is 4.59. The highest BCUT2D eigenvalue weighted by molar-refractivity contribution is 5.66. The Balaban J connectivity index is 2.16. The largest absolute Gasteiger partial charge is 0.461 e. The highest BCUT2D eigenvalue weighted by Crippen LogP contribution is 2.58. The Morgan fingerprint density at radius 2 is 2.19 bits per heavy atom. The molecule has 0 aromatic rings. The molecule has 0 radical (unpaired) electrons. The molecule has 0 heterocycles. The van der Waals surface area contributed by atoms with Crippen molar-refractivity contribution in [3.05, 3.63) is 24.3 Å². The van der Waals surface area contributed by atoms with Crippen LogP contribution in [0.2, 0.25) is 0 Å². The van der Waals surface area contributed by atoms with Gasteiger partial charge in [-0.3, -0.25) is 10.1 Å². The van der Waals surface area contributed by atoms with Crippen molar-refractivity contribution < 1.29 is 19.7 Å². The molecule has 2 rings (SSSR count). The Labute approximate surface area is 126 Å². The van der Waals surface area contributed by atoms with Gasteiger partial charge in [-0.25, -0.2) is 4.89 Å². The number of hydrogen-bond acceptors (Lipinski definition) is 4. The molecule has 2 aliphatic carbocycles. The molecule has 0 bridgehead atoms. The van der Waals surface area contributed by atoms with E-state index in [1.54, 1.807) is 0 Å². The molecule has 0 aromatic heterocycles. The molecule has 3 atom stereocenters. The standard InChI is InChI=1S/C17H26O4/c1-12(11-20-14(3)18)15-7-9-16(4)8-5-6-13(2)17(16,10-15)21-19/h15,19H,1-2,5-11H2,3-4H3/t15-,16-,17-/m1/s1. The Morgan fingerprint density at radius 3 is 2.81 bits per heavy atom. The normalized spacial score (nSPS) is 36.0. The summed E-state index contributed by atoms with van der Waals surface area (Å²) in [5.74, 6) is -0.119. The number of carbonyl (C=O) groups excluding carboxylic acids is 1. The first kappa shape index (κ1) is 16.2. The van der Waals surface area contributed by atoms with Gasteiger partial charge in [0.1, 0.15) is 12.2 Å². The first-order chi connectivity index (χ1) is 9.84. The molecule has 0 unspecified atom stereocenters. The van der Waals surface area contributed by atoms with Crippen LogP contribution in [-0.4, -0.2) is 23.4 Å². The third-order valence-corrected chi connectivity index (χ3v) is 5.53. The van der Waals surface area contributed by atoms with E-state index in [-0.39, 0.29) is 23.9 Å². The van der Waals surface area contributed by atoms with E-state index in [2.05, 4.69) is 20.1 Å². The van der Waals surface area contributed by atoms with Gasteiger partial charge in [-0.2, -0.15) is 0 Å². The second-order valence-electron chi connectivity index (χ2n) is 6.81. The molecule has 0 aromatic carbocycles. The molecule has 0 spiro atoms. The number of esters is 1. The van der Waals surface area contributed by atoms with Crippen molar-refractivity contribution in [1.29, 1.82) is 0 Å². The van der Waals surface area contributed by atoms with Crippen LogP contribution in [0.4, 0.5) is 0 Å². The predicted molar refractivity (Wildman–Crippen MR) is 80.7 cm³/mol. The predicted octanol–water partition coefficient (Wildman–Crippen LogP) is 3.88. The second-order valence-corrected chi connectivity index (χ2v) is 6.81. The van der Waals surface area contributed by atoms with Crippen LogP contribution in [0.25, 0.3) is 0 Å². The highest BCUT2D eigenvalue weighted by atomic mass is 17.1. The second kappa shape index (κ2) is 5.93. The zero-order chi connectivity index (χ0) is 15.7. The number of hydrogen-bond donors (Lipinski definition) is 1. The van der Waals surface area contributed by atoms with Crippen molar-refractivity contribution in [3.8, 4) is 0 Å². The van der Waals surface area contributed by atoms with E-state index in [1.165, 1.54) is 6.92 Å². The molecule has 1 N–H and O–H groups in total. The summed E-state index contributed by atoms with van der Waals surface area (Å²) in [5.41, 5.74) is 1.11. The van der Waals surface area contributed by atoms with E-state index in [0.29, 0.717) is 6.42 Å². The number of rotatable bonds is 4. The molecule has 4 nitrogen and oxygen atoms in total. The molecule has 0 aliphatic heterocycles. The Morgan fingerprint density at radius 1 is 1.48 bits per heavy atom. The third-order valence-electron chi connectivity index (χ3n) is 5.53. The smallest absolute Gasteiger partial charge is 0.302 e. The molecule has 118 valence electrons. The third kappa shape index (κ3) is 2.79.